The first-order valence-electron chi connectivity index (χ1n) is 6.95. The van der Waals surface area contributed by atoms with E-state index in [1.807, 2.05) is 24.3 Å². The number of likely N-dealkylation sites (N-methyl/N-ethyl adjacent to an activating group) is 1. The van der Waals surface area contributed by atoms with Gasteiger partial charge in [0.05, 0.1) is 17.4 Å². The van der Waals surface area contributed by atoms with Crippen LogP contribution in [0.25, 0.3) is 6.08 Å². The molecule has 1 unspecified atom stereocenters. The van der Waals surface area contributed by atoms with E-state index in [2.05, 4.69) is 0 Å². The third-order valence-corrected chi connectivity index (χ3v) is 5.59. The first-order valence-corrected chi connectivity index (χ1v) is 8.39. The zero-order valence-electron chi connectivity index (χ0n) is 12.3. The van der Waals surface area contributed by atoms with Crippen LogP contribution in [0.4, 0.5) is 0 Å². The van der Waals surface area contributed by atoms with Crippen LogP contribution in [0, 0.1) is 0 Å². The molecule has 120 valence electrons. The molecule has 1 aliphatic rings. The van der Waals surface area contributed by atoms with Gasteiger partial charge in [0.2, 0.25) is 10.0 Å². The summed E-state index contributed by atoms with van der Waals surface area (Å²) in [5.41, 5.74) is 1.99. The van der Waals surface area contributed by atoms with Crippen molar-refractivity contribution in [2.45, 2.75) is 25.4 Å². The van der Waals surface area contributed by atoms with E-state index < -0.39 is 28.5 Å². The predicted molar refractivity (Wildman–Crippen MR) is 82.5 cm³/mol. The van der Waals surface area contributed by atoms with Crippen LogP contribution in [-0.4, -0.2) is 48.6 Å². The molecule has 0 aliphatic heterocycles. The largest absolute Gasteiger partial charge is 0.481 e. The summed E-state index contributed by atoms with van der Waals surface area (Å²) in [5.74, 6) is -1.16. The Morgan fingerprint density at radius 2 is 2.00 bits per heavy atom. The van der Waals surface area contributed by atoms with Crippen molar-refractivity contribution in [2.24, 2.45) is 0 Å². The number of aryl methyl sites for hydroxylation is 1. The molecule has 0 aromatic heterocycles. The molecule has 2 rings (SSSR count). The number of fused-ring (bicyclic) bond motifs is 1. The lowest BCUT2D eigenvalue weighted by Crippen LogP contribution is -2.36. The molecule has 0 heterocycles. The average molecular weight is 325 g/mol. The van der Waals surface area contributed by atoms with Gasteiger partial charge in [-0.1, -0.05) is 24.3 Å². The maximum Gasteiger partial charge on any atom is 0.306 e. The Balaban J connectivity index is 2.17. The van der Waals surface area contributed by atoms with Crippen LogP contribution in [0.15, 0.2) is 29.2 Å². The number of benzene rings is 1. The van der Waals surface area contributed by atoms with Crippen LogP contribution in [0.5, 0.6) is 0 Å². The SMILES string of the molecule is CN(CC(O)CC(=O)O)S(=O)(=O)C1=Cc2ccccc2CC1. The van der Waals surface area contributed by atoms with E-state index in [1.54, 1.807) is 6.08 Å². The zero-order chi connectivity index (χ0) is 16.3. The summed E-state index contributed by atoms with van der Waals surface area (Å²) in [6, 6.07) is 7.60. The van der Waals surface area contributed by atoms with Crippen molar-refractivity contribution in [3.8, 4) is 0 Å². The average Bonchev–Trinajstić information content (AvgIpc) is 2.45. The number of carbonyl (C=O) groups is 1. The van der Waals surface area contributed by atoms with Gasteiger partial charge in [0, 0.05) is 13.6 Å². The first kappa shape index (κ1) is 16.7. The molecule has 0 bridgehead atoms. The van der Waals surface area contributed by atoms with Gasteiger partial charge in [-0.3, -0.25) is 4.79 Å². The Hall–Kier alpha value is -1.70. The molecule has 7 heteroatoms. The van der Waals surface area contributed by atoms with Crippen molar-refractivity contribution < 1.29 is 23.4 Å². The normalized spacial score (nSPS) is 16.0. The lowest BCUT2D eigenvalue weighted by molar-refractivity contribution is -0.139. The molecule has 1 aromatic rings. The lowest BCUT2D eigenvalue weighted by Gasteiger charge is -2.23. The Kier molecular flexibility index (Phi) is 5.00. The van der Waals surface area contributed by atoms with Gasteiger partial charge in [0.15, 0.2) is 0 Å². The number of allylic oxidation sites excluding steroid dienone is 1. The number of nitrogens with zero attached hydrogens (tertiary/aromatic N) is 1. The Labute approximate surface area is 129 Å². The second-order valence-electron chi connectivity index (χ2n) is 5.35. The van der Waals surface area contributed by atoms with E-state index in [1.165, 1.54) is 7.05 Å². The van der Waals surface area contributed by atoms with Crippen LogP contribution in [0.2, 0.25) is 0 Å². The highest BCUT2D eigenvalue weighted by Gasteiger charge is 2.27. The molecule has 0 spiro atoms. The molecule has 0 amide bonds. The van der Waals surface area contributed by atoms with Gasteiger partial charge in [0.1, 0.15) is 0 Å². The molecule has 1 atom stereocenters. The second kappa shape index (κ2) is 6.60. The molecular weight excluding hydrogens is 306 g/mol. The lowest BCUT2D eigenvalue weighted by atomic mass is 9.98. The van der Waals surface area contributed by atoms with Gasteiger partial charge in [0.25, 0.3) is 0 Å². The molecule has 6 nitrogen and oxygen atoms in total. The summed E-state index contributed by atoms with van der Waals surface area (Å²) in [6.07, 6.45) is 0.982. The van der Waals surface area contributed by atoms with Crippen LogP contribution >= 0.6 is 0 Å². The molecule has 0 fully saturated rings. The van der Waals surface area contributed by atoms with Crippen LogP contribution in [0.3, 0.4) is 0 Å². The molecule has 2 N–H and O–H groups in total. The van der Waals surface area contributed by atoms with Gasteiger partial charge in [-0.05, 0) is 30.0 Å². The van der Waals surface area contributed by atoms with Crippen molar-refractivity contribution in [3.05, 3.63) is 40.3 Å². The fraction of sp³-hybridized carbons (Fsp3) is 0.400. The number of carboxylic acids is 1. The van der Waals surface area contributed by atoms with E-state index in [4.69, 9.17) is 5.11 Å². The fourth-order valence-electron chi connectivity index (χ4n) is 2.47. The summed E-state index contributed by atoms with van der Waals surface area (Å²) in [6.45, 7) is -0.242. The minimum atomic E-state index is -3.69. The maximum absolute atomic E-state index is 12.5. The zero-order valence-corrected chi connectivity index (χ0v) is 13.1. The number of aliphatic hydroxyl groups excluding tert-OH is 1. The Bertz CT molecular complexity index is 696. The first-order chi connectivity index (χ1) is 10.3. The Morgan fingerprint density at radius 3 is 2.68 bits per heavy atom. The topological polar surface area (TPSA) is 94.9 Å². The quantitative estimate of drug-likeness (QED) is 0.816. The number of aliphatic hydroxyl groups is 1. The van der Waals surface area contributed by atoms with Gasteiger partial charge in [-0.25, -0.2) is 8.42 Å². The highest BCUT2D eigenvalue weighted by atomic mass is 32.2. The number of hydrogen-bond donors (Lipinski definition) is 2. The molecule has 0 saturated carbocycles. The molecule has 0 radical (unpaired) electrons. The van der Waals surface area contributed by atoms with E-state index in [9.17, 15) is 18.3 Å². The number of carboxylic acid groups (broad SMARTS) is 1. The summed E-state index contributed by atoms with van der Waals surface area (Å²) in [4.78, 5) is 10.8. The third-order valence-electron chi connectivity index (χ3n) is 3.63. The van der Waals surface area contributed by atoms with Gasteiger partial charge >= 0.3 is 5.97 Å². The van der Waals surface area contributed by atoms with Crippen molar-refractivity contribution in [1.29, 1.82) is 0 Å². The molecule has 22 heavy (non-hydrogen) atoms. The molecular formula is C15H19NO5S. The standard InChI is InChI=1S/C15H19NO5S/c1-16(10-13(17)9-15(18)19)22(20,21)14-7-6-11-4-2-3-5-12(11)8-14/h2-5,8,13,17H,6-7,9-10H2,1H3,(H,18,19). The van der Waals surface area contributed by atoms with E-state index in [0.29, 0.717) is 12.8 Å². The van der Waals surface area contributed by atoms with E-state index in [-0.39, 0.29) is 11.4 Å². The van der Waals surface area contributed by atoms with Gasteiger partial charge < -0.3 is 10.2 Å². The smallest absolute Gasteiger partial charge is 0.306 e. The maximum atomic E-state index is 12.5. The van der Waals surface area contributed by atoms with E-state index in [0.717, 1.165) is 15.4 Å². The number of sulfonamides is 1. The molecule has 0 saturated heterocycles. The monoisotopic (exact) mass is 325 g/mol. The van der Waals surface area contributed by atoms with Crippen molar-refractivity contribution >= 4 is 22.1 Å². The van der Waals surface area contributed by atoms with Crippen LogP contribution < -0.4 is 0 Å². The highest BCUT2D eigenvalue weighted by Crippen LogP contribution is 2.28. The summed E-state index contributed by atoms with van der Waals surface area (Å²) in [5, 5.41) is 18.2. The van der Waals surface area contributed by atoms with Crippen molar-refractivity contribution in [3.63, 3.8) is 0 Å². The van der Waals surface area contributed by atoms with Crippen LogP contribution in [-0.2, 0) is 21.2 Å². The summed E-state index contributed by atoms with van der Waals surface area (Å²) >= 11 is 0. The van der Waals surface area contributed by atoms with Crippen molar-refractivity contribution in [1.82, 2.24) is 4.31 Å². The number of aliphatic carboxylic acids is 1. The number of hydrogen-bond acceptors (Lipinski definition) is 4. The molecule has 1 aromatic carbocycles. The summed E-state index contributed by atoms with van der Waals surface area (Å²) < 4.78 is 26.0. The van der Waals surface area contributed by atoms with E-state index >= 15 is 0 Å². The minimum Gasteiger partial charge on any atom is -0.481 e. The van der Waals surface area contributed by atoms with Crippen LogP contribution in [0.1, 0.15) is 24.0 Å². The predicted octanol–water partition coefficient (Wildman–Crippen LogP) is 1.07. The highest BCUT2D eigenvalue weighted by molar-refractivity contribution is 7.93. The number of rotatable bonds is 6. The third kappa shape index (κ3) is 3.73. The fourth-order valence-corrected chi connectivity index (χ4v) is 3.88. The van der Waals surface area contributed by atoms with Gasteiger partial charge in [-0.15, -0.1) is 0 Å². The summed E-state index contributed by atoms with van der Waals surface area (Å²) in [7, 11) is -2.35. The van der Waals surface area contributed by atoms with Crippen molar-refractivity contribution in [2.75, 3.05) is 13.6 Å². The van der Waals surface area contributed by atoms with Gasteiger partial charge in [-0.2, -0.15) is 4.31 Å². The molecule has 1 aliphatic carbocycles. The minimum absolute atomic E-state index is 0.242. The Morgan fingerprint density at radius 1 is 1.32 bits per heavy atom. The second-order valence-corrected chi connectivity index (χ2v) is 7.44.